The molecular weight excluding hydrogens is 330 g/mol. The normalized spacial score (nSPS) is 16.3. The first-order valence-corrected chi connectivity index (χ1v) is 8.36. The van der Waals surface area contributed by atoms with E-state index in [-0.39, 0.29) is 11.9 Å². The molecule has 0 aliphatic carbocycles. The lowest BCUT2D eigenvalue weighted by molar-refractivity contribution is -0.138. The molecule has 2 aromatic rings. The van der Waals surface area contributed by atoms with E-state index in [1.165, 1.54) is 0 Å². The van der Waals surface area contributed by atoms with E-state index in [2.05, 4.69) is 6.58 Å². The number of hydrogen-bond acceptors (Lipinski definition) is 4. The zero-order valence-corrected chi connectivity index (χ0v) is 15.5. The van der Waals surface area contributed by atoms with E-state index in [0.717, 1.165) is 16.7 Å². The number of β-lactam (4-membered cyclic amide) rings is 1. The molecule has 0 N–H and O–H groups in total. The Morgan fingerprint density at radius 3 is 2.19 bits per heavy atom. The van der Waals surface area contributed by atoms with Crippen molar-refractivity contribution in [3.8, 4) is 17.2 Å². The van der Waals surface area contributed by atoms with Crippen molar-refractivity contribution in [2.24, 2.45) is 0 Å². The van der Waals surface area contributed by atoms with Crippen LogP contribution in [0.4, 0.5) is 0 Å². The van der Waals surface area contributed by atoms with Crippen LogP contribution in [0.3, 0.4) is 0 Å². The molecule has 1 fully saturated rings. The summed E-state index contributed by atoms with van der Waals surface area (Å²) < 4.78 is 16.2. The summed E-state index contributed by atoms with van der Waals surface area (Å²) in [5.41, 5.74) is 3.76. The number of aryl methyl sites for hydroxylation is 1. The fourth-order valence-electron chi connectivity index (χ4n) is 3.38. The zero-order valence-electron chi connectivity index (χ0n) is 15.5. The minimum atomic E-state index is -0.109. The average molecular weight is 353 g/mol. The number of amides is 1. The van der Waals surface area contributed by atoms with Gasteiger partial charge in [-0.3, -0.25) is 4.79 Å². The van der Waals surface area contributed by atoms with Gasteiger partial charge in [-0.1, -0.05) is 30.8 Å². The topological polar surface area (TPSA) is 48.0 Å². The summed E-state index contributed by atoms with van der Waals surface area (Å²) in [6.07, 6.45) is 0. The van der Waals surface area contributed by atoms with Crippen LogP contribution >= 0.6 is 0 Å². The van der Waals surface area contributed by atoms with Crippen molar-refractivity contribution in [2.75, 3.05) is 21.3 Å². The van der Waals surface area contributed by atoms with Crippen molar-refractivity contribution in [3.63, 3.8) is 0 Å². The molecule has 5 nitrogen and oxygen atoms in total. The van der Waals surface area contributed by atoms with Crippen molar-refractivity contribution in [2.45, 2.75) is 19.5 Å². The Bertz CT molecular complexity index is 834. The molecule has 1 unspecified atom stereocenters. The number of ether oxygens (including phenoxy) is 3. The molecule has 0 spiro atoms. The Kier molecular flexibility index (Phi) is 4.89. The van der Waals surface area contributed by atoms with Gasteiger partial charge in [-0.25, -0.2) is 0 Å². The van der Waals surface area contributed by atoms with Gasteiger partial charge < -0.3 is 19.1 Å². The van der Waals surface area contributed by atoms with Gasteiger partial charge >= 0.3 is 0 Å². The average Bonchev–Trinajstić information content (AvgIpc) is 2.67. The second-order valence-electron chi connectivity index (χ2n) is 6.25. The highest BCUT2D eigenvalue weighted by molar-refractivity contribution is 6.01. The lowest BCUT2D eigenvalue weighted by Crippen LogP contribution is -2.48. The summed E-state index contributed by atoms with van der Waals surface area (Å²) in [5.74, 6) is 1.64. The van der Waals surface area contributed by atoms with E-state index < -0.39 is 0 Å². The number of hydrogen-bond donors (Lipinski definition) is 0. The number of likely N-dealkylation sites (tertiary alicyclic amines) is 1. The van der Waals surface area contributed by atoms with Gasteiger partial charge in [0.05, 0.1) is 27.4 Å². The Labute approximate surface area is 153 Å². The van der Waals surface area contributed by atoms with Crippen LogP contribution in [0.5, 0.6) is 17.2 Å². The van der Waals surface area contributed by atoms with Crippen LogP contribution in [0.25, 0.3) is 0 Å². The fraction of sp³-hybridized carbons (Fsp3) is 0.286. The van der Waals surface area contributed by atoms with E-state index in [1.54, 1.807) is 21.3 Å². The summed E-state index contributed by atoms with van der Waals surface area (Å²) >= 11 is 0. The first kappa shape index (κ1) is 17.9. The number of carbonyl (C=O) groups is 1. The summed E-state index contributed by atoms with van der Waals surface area (Å²) in [6, 6.07) is 11.7. The minimum absolute atomic E-state index is 0.0352. The lowest BCUT2D eigenvalue weighted by atomic mass is 9.86. The third kappa shape index (κ3) is 2.90. The van der Waals surface area contributed by atoms with Crippen LogP contribution in [-0.4, -0.2) is 32.1 Å². The number of methoxy groups -OCH3 is 3. The Hall–Kier alpha value is -2.95. The van der Waals surface area contributed by atoms with Crippen molar-refractivity contribution in [1.82, 2.24) is 4.90 Å². The van der Waals surface area contributed by atoms with Crippen LogP contribution < -0.4 is 14.2 Å². The monoisotopic (exact) mass is 353 g/mol. The molecule has 1 aliphatic rings. The number of benzene rings is 2. The maximum Gasteiger partial charge on any atom is 0.252 e. The molecule has 136 valence electrons. The van der Waals surface area contributed by atoms with Gasteiger partial charge in [0.25, 0.3) is 5.91 Å². The fourth-order valence-corrected chi connectivity index (χ4v) is 3.38. The molecule has 0 bridgehead atoms. The number of carbonyl (C=O) groups excluding carboxylic acids is 1. The second kappa shape index (κ2) is 7.12. The van der Waals surface area contributed by atoms with Crippen molar-refractivity contribution in [3.05, 3.63) is 65.2 Å². The highest BCUT2D eigenvalue weighted by Gasteiger charge is 2.42. The maximum atomic E-state index is 12.4. The molecule has 1 heterocycles. The highest BCUT2D eigenvalue weighted by atomic mass is 16.5. The van der Waals surface area contributed by atoms with E-state index in [9.17, 15) is 4.79 Å². The van der Waals surface area contributed by atoms with E-state index in [4.69, 9.17) is 14.2 Å². The van der Waals surface area contributed by atoms with Crippen LogP contribution in [0.2, 0.25) is 0 Å². The summed E-state index contributed by atoms with van der Waals surface area (Å²) in [4.78, 5) is 14.2. The van der Waals surface area contributed by atoms with Crippen LogP contribution in [0.1, 0.15) is 22.7 Å². The standard InChI is InChI=1S/C21H23NO4/c1-13-8-6-7-9-16(13)19-14(2)21(23)22(19)12-15-10-17(24-3)20(26-5)18(11-15)25-4/h6-11,19H,2,12H2,1,3-5H3. The summed E-state index contributed by atoms with van der Waals surface area (Å²) in [7, 11) is 4.72. The van der Waals surface area contributed by atoms with Gasteiger partial charge in [0.1, 0.15) is 0 Å². The zero-order chi connectivity index (χ0) is 18.8. The third-order valence-corrected chi connectivity index (χ3v) is 4.74. The summed E-state index contributed by atoms with van der Waals surface area (Å²) in [5, 5.41) is 0. The molecular formula is C21H23NO4. The number of nitrogens with zero attached hydrogens (tertiary/aromatic N) is 1. The largest absolute Gasteiger partial charge is 0.493 e. The Morgan fingerprint density at radius 1 is 1.04 bits per heavy atom. The molecule has 1 saturated heterocycles. The van der Waals surface area contributed by atoms with Gasteiger partial charge in [-0.2, -0.15) is 0 Å². The lowest BCUT2D eigenvalue weighted by Gasteiger charge is -2.43. The molecule has 0 saturated carbocycles. The van der Waals surface area contributed by atoms with E-state index in [1.807, 2.05) is 48.2 Å². The Balaban J connectivity index is 1.94. The molecule has 2 aromatic carbocycles. The van der Waals surface area contributed by atoms with Gasteiger partial charge in [0.15, 0.2) is 11.5 Å². The minimum Gasteiger partial charge on any atom is -0.493 e. The van der Waals surface area contributed by atoms with Gasteiger partial charge in [0, 0.05) is 12.1 Å². The maximum absolute atomic E-state index is 12.4. The number of rotatable bonds is 6. The first-order chi connectivity index (χ1) is 12.5. The van der Waals surface area contributed by atoms with Crippen molar-refractivity contribution >= 4 is 5.91 Å². The molecule has 1 atom stereocenters. The van der Waals surface area contributed by atoms with E-state index >= 15 is 0 Å². The predicted octanol–water partition coefficient (Wildman–Crippen LogP) is 3.66. The molecule has 0 aromatic heterocycles. The molecule has 1 aliphatic heterocycles. The van der Waals surface area contributed by atoms with Crippen molar-refractivity contribution < 1.29 is 19.0 Å². The smallest absolute Gasteiger partial charge is 0.252 e. The predicted molar refractivity (Wildman–Crippen MR) is 99.7 cm³/mol. The highest BCUT2D eigenvalue weighted by Crippen LogP contribution is 2.43. The van der Waals surface area contributed by atoms with Crippen LogP contribution in [0.15, 0.2) is 48.6 Å². The SMILES string of the molecule is C=C1C(=O)N(Cc2cc(OC)c(OC)c(OC)c2)C1c1ccccc1C. The van der Waals surface area contributed by atoms with Crippen LogP contribution in [0, 0.1) is 6.92 Å². The molecule has 5 heteroatoms. The summed E-state index contributed by atoms with van der Waals surface area (Å²) in [6.45, 7) is 6.45. The van der Waals surface area contributed by atoms with Gasteiger partial charge in [-0.05, 0) is 35.7 Å². The molecule has 0 radical (unpaired) electrons. The van der Waals surface area contributed by atoms with E-state index in [0.29, 0.717) is 29.4 Å². The van der Waals surface area contributed by atoms with Crippen molar-refractivity contribution in [1.29, 1.82) is 0 Å². The third-order valence-electron chi connectivity index (χ3n) is 4.74. The molecule has 26 heavy (non-hydrogen) atoms. The molecule has 3 rings (SSSR count). The first-order valence-electron chi connectivity index (χ1n) is 8.36. The van der Waals surface area contributed by atoms with Gasteiger partial charge in [0.2, 0.25) is 5.75 Å². The quantitative estimate of drug-likeness (QED) is 0.587. The van der Waals surface area contributed by atoms with Crippen LogP contribution in [-0.2, 0) is 11.3 Å². The molecule has 1 amide bonds. The Morgan fingerprint density at radius 2 is 1.65 bits per heavy atom. The second-order valence-corrected chi connectivity index (χ2v) is 6.25. The van der Waals surface area contributed by atoms with Gasteiger partial charge in [-0.15, -0.1) is 0 Å².